The predicted octanol–water partition coefficient (Wildman–Crippen LogP) is 4.75. The summed E-state index contributed by atoms with van der Waals surface area (Å²) in [6.07, 6.45) is 0. The normalized spacial score (nSPS) is 12.8. The summed E-state index contributed by atoms with van der Waals surface area (Å²) in [5, 5.41) is 0.888. The maximum atomic E-state index is 13.7. The van der Waals surface area contributed by atoms with Gasteiger partial charge in [-0.2, -0.15) is 4.31 Å². The quantitative estimate of drug-likeness (QED) is 0.341. The zero-order valence-corrected chi connectivity index (χ0v) is 21.3. The molecule has 4 aromatic rings. The number of aromatic nitrogens is 2. The van der Waals surface area contributed by atoms with Crippen molar-refractivity contribution in [1.29, 1.82) is 0 Å². The molecule has 0 radical (unpaired) electrons. The molecule has 3 aromatic carbocycles. The lowest BCUT2D eigenvalue weighted by molar-refractivity contribution is 0.166. The number of nitrogens with zero attached hydrogens (tertiary/aromatic N) is 3. The van der Waals surface area contributed by atoms with E-state index in [9.17, 15) is 13.2 Å². The van der Waals surface area contributed by atoms with Crippen molar-refractivity contribution in [3.05, 3.63) is 99.6 Å². The molecule has 9 heteroatoms. The molecule has 0 N–H and O–H groups in total. The second kappa shape index (κ2) is 10.3. The van der Waals surface area contributed by atoms with Crippen LogP contribution >= 0.6 is 11.6 Å². The van der Waals surface area contributed by atoms with Gasteiger partial charge in [0, 0.05) is 18.7 Å². The molecule has 0 amide bonds. The van der Waals surface area contributed by atoms with E-state index >= 15 is 0 Å². The molecule has 0 aliphatic rings. The van der Waals surface area contributed by atoms with E-state index in [0.717, 1.165) is 5.56 Å². The van der Waals surface area contributed by atoms with E-state index in [4.69, 9.17) is 21.3 Å². The summed E-state index contributed by atoms with van der Waals surface area (Å²) in [5.74, 6) is 0.313. The van der Waals surface area contributed by atoms with Gasteiger partial charge in [-0.3, -0.25) is 9.36 Å². The topological polar surface area (TPSA) is 81.5 Å². The van der Waals surface area contributed by atoms with Gasteiger partial charge in [-0.05, 0) is 67.9 Å². The number of methoxy groups -OCH3 is 1. The van der Waals surface area contributed by atoms with Gasteiger partial charge >= 0.3 is 0 Å². The lowest BCUT2D eigenvalue weighted by Gasteiger charge is -2.29. The third kappa shape index (κ3) is 5.01. The van der Waals surface area contributed by atoms with Crippen molar-refractivity contribution in [1.82, 2.24) is 13.9 Å². The van der Waals surface area contributed by atoms with Crippen molar-refractivity contribution in [2.75, 3.05) is 20.3 Å². The number of rotatable bonds is 8. The SMILES string of the molecule is COCCN(C(C)c1nc2ccccc2c(=O)n1-c1cccc(C)c1)S(=O)(=O)c1ccc(Cl)cc1. The summed E-state index contributed by atoms with van der Waals surface area (Å²) in [5.41, 5.74) is 1.81. The van der Waals surface area contributed by atoms with Crippen LogP contribution in [0.3, 0.4) is 0 Å². The Morgan fingerprint density at radius 1 is 1.06 bits per heavy atom. The number of halogens is 1. The average molecular weight is 512 g/mol. The van der Waals surface area contributed by atoms with Crippen LogP contribution < -0.4 is 5.56 Å². The molecule has 0 fully saturated rings. The Labute approximate surface area is 209 Å². The predicted molar refractivity (Wildman–Crippen MR) is 138 cm³/mol. The highest BCUT2D eigenvalue weighted by molar-refractivity contribution is 7.89. The lowest BCUT2D eigenvalue weighted by Crippen LogP contribution is -2.39. The first-order valence-corrected chi connectivity index (χ1v) is 12.9. The van der Waals surface area contributed by atoms with Gasteiger partial charge in [-0.25, -0.2) is 13.4 Å². The maximum Gasteiger partial charge on any atom is 0.266 e. The molecule has 0 aliphatic heterocycles. The fraction of sp³-hybridized carbons (Fsp3) is 0.231. The van der Waals surface area contributed by atoms with Crippen LogP contribution in [-0.4, -0.2) is 42.5 Å². The number of hydrogen-bond donors (Lipinski definition) is 0. The third-order valence-corrected chi connectivity index (χ3v) is 8.04. The van der Waals surface area contributed by atoms with Gasteiger partial charge in [0.05, 0.1) is 34.1 Å². The largest absolute Gasteiger partial charge is 0.383 e. The van der Waals surface area contributed by atoms with Gasteiger partial charge in [0.2, 0.25) is 10.0 Å². The van der Waals surface area contributed by atoms with Crippen LogP contribution in [0.25, 0.3) is 16.6 Å². The molecule has 0 bridgehead atoms. The van der Waals surface area contributed by atoms with Gasteiger partial charge in [0.1, 0.15) is 5.82 Å². The van der Waals surface area contributed by atoms with Crippen LogP contribution in [0.5, 0.6) is 0 Å². The van der Waals surface area contributed by atoms with Crippen LogP contribution in [0.15, 0.2) is 82.5 Å². The highest BCUT2D eigenvalue weighted by atomic mass is 35.5. The molecule has 182 valence electrons. The Balaban J connectivity index is 1.95. The Morgan fingerprint density at radius 2 is 1.77 bits per heavy atom. The minimum absolute atomic E-state index is 0.0686. The van der Waals surface area contributed by atoms with Crippen molar-refractivity contribution in [3.8, 4) is 5.69 Å². The summed E-state index contributed by atoms with van der Waals surface area (Å²) in [6, 6.07) is 19.7. The molecule has 0 saturated heterocycles. The highest BCUT2D eigenvalue weighted by Crippen LogP contribution is 2.29. The fourth-order valence-electron chi connectivity index (χ4n) is 4.02. The number of sulfonamides is 1. The molecule has 35 heavy (non-hydrogen) atoms. The van der Waals surface area contributed by atoms with E-state index < -0.39 is 16.1 Å². The fourth-order valence-corrected chi connectivity index (χ4v) is 5.72. The first-order chi connectivity index (χ1) is 16.7. The summed E-state index contributed by atoms with van der Waals surface area (Å²) < 4.78 is 35.5. The van der Waals surface area contributed by atoms with Crippen molar-refractivity contribution in [2.45, 2.75) is 24.8 Å². The van der Waals surface area contributed by atoms with Gasteiger partial charge in [0.15, 0.2) is 0 Å². The maximum absolute atomic E-state index is 13.7. The number of aryl methyl sites for hydroxylation is 1. The third-order valence-electron chi connectivity index (χ3n) is 5.80. The second-order valence-corrected chi connectivity index (χ2v) is 10.5. The lowest BCUT2D eigenvalue weighted by atomic mass is 10.1. The van der Waals surface area contributed by atoms with Crippen LogP contribution in [0, 0.1) is 6.92 Å². The summed E-state index contributed by atoms with van der Waals surface area (Å²) in [4.78, 5) is 18.6. The second-order valence-electron chi connectivity index (χ2n) is 8.21. The molecule has 1 heterocycles. The monoisotopic (exact) mass is 511 g/mol. The first-order valence-electron chi connectivity index (χ1n) is 11.1. The van der Waals surface area contributed by atoms with Crippen LogP contribution in [0.4, 0.5) is 0 Å². The molecule has 1 atom stereocenters. The van der Waals surface area contributed by atoms with E-state index in [1.165, 1.54) is 40.2 Å². The number of benzene rings is 3. The van der Waals surface area contributed by atoms with Gasteiger partial charge in [-0.15, -0.1) is 0 Å². The number of para-hydroxylation sites is 1. The Kier molecular flexibility index (Phi) is 7.37. The van der Waals surface area contributed by atoms with E-state index in [1.807, 2.05) is 31.2 Å². The average Bonchev–Trinajstić information content (AvgIpc) is 2.84. The van der Waals surface area contributed by atoms with E-state index in [2.05, 4.69) is 0 Å². The van der Waals surface area contributed by atoms with Crippen molar-refractivity contribution < 1.29 is 13.2 Å². The van der Waals surface area contributed by atoms with E-state index in [-0.39, 0.29) is 23.6 Å². The van der Waals surface area contributed by atoms with Gasteiger partial charge < -0.3 is 4.74 Å². The molecule has 1 aromatic heterocycles. The van der Waals surface area contributed by atoms with Crippen LogP contribution in [-0.2, 0) is 14.8 Å². The number of fused-ring (bicyclic) bond motifs is 1. The molecular formula is C26H26ClN3O4S. The van der Waals surface area contributed by atoms with Crippen molar-refractivity contribution in [2.24, 2.45) is 0 Å². The van der Waals surface area contributed by atoms with Crippen LogP contribution in [0.1, 0.15) is 24.4 Å². The number of ether oxygens (including phenoxy) is 1. The molecule has 0 saturated carbocycles. The van der Waals surface area contributed by atoms with Gasteiger partial charge in [0.25, 0.3) is 5.56 Å². The minimum atomic E-state index is -3.97. The summed E-state index contributed by atoms with van der Waals surface area (Å²) in [6.45, 7) is 3.90. The Bertz CT molecular complexity index is 1520. The first kappa shape index (κ1) is 25.1. The standard InChI is InChI=1S/C26H26ClN3O4S/c1-18-7-6-8-21(17-18)30-25(28-24-10-5-4-9-23(24)26(30)31)19(2)29(15-16-34-3)35(32,33)22-13-11-20(27)12-14-22/h4-14,17,19H,15-16H2,1-3H3. The van der Waals surface area contributed by atoms with Crippen molar-refractivity contribution >= 4 is 32.5 Å². The minimum Gasteiger partial charge on any atom is -0.383 e. The molecule has 7 nitrogen and oxygen atoms in total. The van der Waals surface area contributed by atoms with E-state index in [1.54, 1.807) is 31.2 Å². The molecule has 0 aliphatic carbocycles. The number of hydrogen-bond acceptors (Lipinski definition) is 5. The van der Waals surface area contributed by atoms with Crippen LogP contribution in [0.2, 0.25) is 5.02 Å². The highest BCUT2D eigenvalue weighted by Gasteiger charge is 2.33. The smallest absolute Gasteiger partial charge is 0.266 e. The molecule has 0 spiro atoms. The van der Waals surface area contributed by atoms with Gasteiger partial charge in [-0.1, -0.05) is 35.9 Å². The zero-order chi connectivity index (χ0) is 25.2. The molecular weight excluding hydrogens is 486 g/mol. The molecule has 1 unspecified atom stereocenters. The summed E-state index contributed by atoms with van der Waals surface area (Å²) in [7, 11) is -2.46. The zero-order valence-electron chi connectivity index (χ0n) is 19.7. The summed E-state index contributed by atoms with van der Waals surface area (Å²) >= 11 is 5.98. The van der Waals surface area contributed by atoms with E-state index in [0.29, 0.717) is 27.4 Å². The Hall–Kier alpha value is -3.04. The Morgan fingerprint density at radius 3 is 2.46 bits per heavy atom. The molecule has 4 rings (SSSR count). The van der Waals surface area contributed by atoms with Crippen molar-refractivity contribution in [3.63, 3.8) is 0 Å².